The van der Waals surface area contributed by atoms with Crippen molar-refractivity contribution in [3.63, 3.8) is 0 Å². The molecule has 1 rings (SSSR count). The molecule has 0 aliphatic carbocycles. The van der Waals surface area contributed by atoms with E-state index in [1.54, 1.807) is 6.08 Å². The maximum absolute atomic E-state index is 11.5. The van der Waals surface area contributed by atoms with Crippen molar-refractivity contribution in [1.29, 1.82) is 0 Å². The fourth-order valence-electron chi connectivity index (χ4n) is 1.32. The van der Waals surface area contributed by atoms with Crippen molar-refractivity contribution in [2.24, 2.45) is 5.92 Å². The summed E-state index contributed by atoms with van der Waals surface area (Å²) >= 11 is 3.38. The highest BCUT2D eigenvalue weighted by atomic mass is 79.9. The van der Waals surface area contributed by atoms with Crippen LogP contribution in [-0.2, 0) is 14.3 Å². The van der Waals surface area contributed by atoms with E-state index in [1.165, 1.54) is 6.08 Å². The molecule has 0 unspecified atom stereocenters. The number of carbonyl (C=O) groups is 2. The molecule has 108 valence electrons. The fourth-order valence-corrected chi connectivity index (χ4v) is 1.74. The molecule has 0 aliphatic heterocycles. The van der Waals surface area contributed by atoms with E-state index in [4.69, 9.17) is 4.74 Å². The van der Waals surface area contributed by atoms with Gasteiger partial charge in [-0.25, -0.2) is 4.79 Å². The van der Waals surface area contributed by atoms with Gasteiger partial charge >= 0.3 is 5.97 Å². The molecule has 0 fully saturated rings. The minimum Gasteiger partial charge on any atom is -0.452 e. The van der Waals surface area contributed by atoms with Gasteiger partial charge in [0.05, 0.1) is 0 Å². The summed E-state index contributed by atoms with van der Waals surface area (Å²) in [5.41, 5.74) is 0.869. The zero-order valence-corrected chi connectivity index (χ0v) is 13.1. The topological polar surface area (TPSA) is 55.4 Å². The summed E-state index contributed by atoms with van der Waals surface area (Å²) in [6.45, 7) is 4.30. The van der Waals surface area contributed by atoms with Crippen LogP contribution in [0.1, 0.15) is 19.4 Å². The standard InChI is InChI=1S/C15H18BrNO3/c1-11(2)9-17-14(18)10-20-15(19)8-7-12-5-3-4-6-13(12)16/h3-8,11H,9-10H2,1-2H3,(H,17,18)/b8-7+. The number of amides is 1. The Hall–Kier alpha value is -1.62. The molecule has 0 bridgehead atoms. The molecule has 0 saturated carbocycles. The highest BCUT2D eigenvalue weighted by Crippen LogP contribution is 2.16. The molecule has 0 radical (unpaired) electrons. The normalized spacial score (nSPS) is 10.8. The highest BCUT2D eigenvalue weighted by molar-refractivity contribution is 9.10. The lowest BCUT2D eigenvalue weighted by molar-refractivity contribution is -0.143. The zero-order chi connectivity index (χ0) is 15.0. The van der Waals surface area contributed by atoms with E-state index in [0.717, 1.165) is 10.0 Å². The summed E-state index contributed by atoms with van der Waals surface area (Å²) in [6.07, 6.45) is 2.94. The van der Waals surface area contributed by atoms with Crippen molar-refractivity contribution in [3.05, 3.63) is 40.4 Å². The van der Waals surface area contributed by atoms with Crippen LogP contribution in [0.3, 0.4) is 0 Å². The Kier molecular flexibility index (Phi) is 7.01. The summed E-state index contributed by atoms with van der Waals surface area (Å²) in [5.74, 6) is -0.466. The van der Waals surface area contributed by atoms with E-state index < -0.39 is 5.97 Å². The van der Waals surface area contributed by atoms with E-state index in [1.807, 2.05) is 38.1 Å². The molecule has 5 heteroatoms. The molecule has 4 nitrogen and oxygen atoms in total. The first-order valence-electron chi connectivity index (χ1n) is 6.35. The van der Waals surface area contributed by atoms with Crippen LogP contribution in [0.5, 0.6) is 0 Å². The summed E-state index contributed by atoms with van der Waals surface area (Å²) < 4.78 is 5.73. The van der Waals surface area contributed by atoms with Crippen LogP contribution in [0.4, 0.5) is 0 Å². The lowest BCUT2D eigenvalue weighted by Gasteiger charge is -2.07. The number of nitrogens with one attached hydrogen (secondary N) is 1. The van der Waals surface area contributed by atoms with Gasteiger partial charge in [-0.05, 0) is 23.6 Å². The highest BCUT2D eigenvalue weighted by Gasteiger charge is 2.05. The smallest absolute Gasteiger partial charge is 0.331 e. The minimum absolute atomic E-state index is 0.258. The van der Waals surface area contributed by atoms with Crippen molar-refractivity contribution in [2.45, 2.75) is 13.8 Å². The zero-order valence-electron chi connectivity index (χ0n) is 11.6. The molecular weight excluding hydrogens is 322 g/mol. The van der Waals surface area contributed by atoms with Gasteiger partial charge in [-0.2, -0.15) is 0 Å². The van der Waals surface area contributed by atoms with Gasteiger partial charge in [0.25, 0.3) is 5.91 Å². The largest absolute Gasteiger partial charge is 0.452 e. The number of hydrogen-bond acceptors (Lipinski definition) is 3. The number of rotatable bonds is 6. The molecule has 0 heterocycles. The molecular formula is C15H18BrNO3. The van der Waals surface area contributed by atoms with Crippen LogP contribution in [0.15, 0.2) is 34.8 Å². The Morgan fingerprint density at radius 2 is 2.05 bits per heavy atom. The minimum atomic E-state index is -0.541. The summed E-state index contributed by atoms with van der Waals surface area (Å²) in [5, 5.41) is 2.67. The van der Waals surface area contributed by atoms with Crippen molar-refractivity contribution in [2.75, 3.05) is 13.2 Å². The Bertz CT molecular complexity index is 498. The van der Waals surface area contributed by atoms with Crippen LogP contribution in [0.2, 0.25) is 0 Å². The quantitative estimate of drug-likeness (QED) is 0.640. The summed E-state index contributed by atoms with van der Waals surface area (Å²) in [6, 6.07) is 7.50. The van der Waals surface area contributed by atoms with Crippen molar-refractivity contribution >= 4 is 33.9 Å². The first-order chi connectivity index (χ1) is 9.49. The lowest BCUT2D eigenvalue weighted by atomic mass is 10.2. The Morgan fingerprint density at radius 3 is 2.70 bits per heavy atom. The molecule has 0 aliphatic rings. The van der Waals surface area contributed by atoms with Gasteiger partial charge in [-0.3, -0.25) is 4.79 Å². The maximum atomic E-state index is 11.5. The number of ether oxygens (including phenoxy) is 1. The summed E-state index contributed by atoms with van der Waals surface area (Å²) in [7, 11) is 0. The third-order valence-corrected chi connectivity index (χ3v) is 3.08. The van der Waals surface area contributed by atoms with Gasteiger partial charge in [0.1, 0.15) is 0 Å². The van der Waals surface area contributed by atoms with E-state index in [9.17, 15) is 9.59 Å². The molecule has 20 heavy (non-hydrogen) atoms. The van der Waals surface area contributed by atoms with Gasteiger partial charge in [0.2, 0.25) is 0 Å². The Balaban J connectivity index is 2.37. The van der Waals surface area contributed by atoms with Crippen LogP contribution in [-0.4, -0.2) is 25.0 Å². The third-order valence-electron chi connectivity index (χ3n) is 2.36. The van der Waals surface area contributed by atoms with Crippen LogP contribution < -0.4 is 5.32 Å². The first kappa shape index (κ1) is 16.4. The average molecular weight is 340 g/mol. The molecule has 1 aromatic rings. The second-order valence-corrected chi connectivity index (χ2v) is 5.51. The van der Waals surface area contributed by atoms with Crippen molar-refractivity contribution < 1.29 is 14.3 Å². The number of hydrogen-bond donors (Lipinski definition) is 1. The average Bonchev–Trinajstić information content (AvgIpc) is 2.42. The predicted octanol–water partition coefficient (Wildman–Crippen LogP) is 2.78. The van der Waals surface area contributed by atoms with Gasteiger partial charge in [-0.1, -0.05) is 48.0 Å². The number of carbonyl (C=O) groups excluding carboxylic acids is 2. The fraction of sp³-hybridized carbons (Fsp3) is 0.333. The first-order valence-corrected chi connectivity index (χ1v) is 7.14. The van der Waals surface area contributed by atoms with Crippen LogP contribution in [0.25, 0.3) is 6.08 Å². The maximum Gasteiger partial charge on any atom is 0.331 e. The van der Waals surface area contributed by atoms with E-state index in [0.29, 0.717) is 12.5 Å². The third kappa shape index (κ3) is 6.52. The molecule has 1 aromatic carbocycles. The molecule has 0 aromatic heterocycles. The van der Waals surface area contributed by atoms with Crippen molar-refractivity contribution in [3.8, 4) is 0 Å². The van der Waals surface area contributed by atoms with Gasteiger partial charge in [0, 0.05) is 17.1 Å². The predicted molar refractivity (Wildman–Crippen MR) is 82.0 cm³/mol. The SMILES string of the molecule is CC(C)CNC(=O)COC(=O)/C=C/c1ccccc1Br. The van der Waals surface area contributed by atoms with Gasteiger partial charge in [-0.15, -0.1) is 0 Å². The number of esters is 1. The molecule has 1 amide bonds. The molecule has 0 saturated heterocycles. The van der Waals surface area contributed by atoms with Crippen LogP contribution in [0, 0.1) is 5.92 Å². The van der Waals surface area contributed by atoms with Gasteiger partial charge < -0.3 is 10.1 Å². The molecule has 0 spiro atoms. The van der Waals surface area contributed by atoms with E-state index >= 15 is 0 Å². The lowest BCUT2D eigenvalue weighted by Crippen LogP contribution is -2.31. The monoisotopic (exact) mass is 339 g/mol. The number of benzene rings is 1. The molecule has 0 atom stereocenters. The molecule has 1 N–H and O–H groups in total. The Labute approximate surface area is 127 Å². The van der Waals surface area contributed by atoms with Crippen LogP contribution >= 0.6 is 15.9 Å². The second kappa shape index (κ2) is 8.53. The summed E-state index contributed by atoms with van der Waals surface area (Å²) in [4.78, 5) is 22.8. The Morgan fingerprint density at radius 1 is 1.35 bits per heavy atom. The number of halogens is 1. The van der Waals surface area contributed by atoms with E-state index in [2.05, 4.69) is 21.2 Å². The second-order valence-electron chi connectivity index (χ2n) is 4.66. The van der Waals surface area contributed by atoms with Crippen molar-refractivity contribution in [1.82, 2.24) is 5.32 Å². The van der Waals surface area contributed by atoms with E-state index in [-0.39, 0.29) is 12.5 Å². The van der Waals surface area contributed by atoms with Gasteiger partial charge in [0.15, 0.2) is 6.61 Å².